The van der Waals surface area contributed by atoms with E-state index in [4.69, 9.17) is 26.8 Å². The van der Waals surface area contributed by atoms with Crippen molar-refractivity contribution < 1.29 is 9.47 Å². The number of nitrogens with two attached hydrogens (primary N) is 1. The Kier molecular flexibility index (Phi) is 6.75. The summed E-state index contributed by atoms with van der Waals surface area (Å²) in [6.45, 7) is 5.73. The van der Waals surface area contributed by atoms with Crippen LogP contribution in [-0.2, 0) is 6.42 Å². The van der Waals surface area contributed by atoms with Crippen LogP contribution in [-0.4, -0.2) is 19.8 Å². The summed E-state index contributed by atoms with van der Waals surface area (Å²) in [6, 6.07) is 13.9. The molecule has 2 aromatic carbocycles. The van der Waals surface area contributed by atoms with Gasteiger partial charge in [-0.1, -0.05) is 29.8 Å². The maximum atomic E-state index is 6.08. The van der Waals surface area contributed by atoms with E-state index in [0.717, 1.165) is 28.5 Å². The highest BCUT2D eigenvalue weighted by Gasteiger charge is 2.17. The molecule has 124 valence electrons. The molecule has 0 saturated heterocycles. The van der Waals surface area contributed by atoms with Crippen molar-refractivity contribution in [2.75, 3.05) is 19.8 Å². The minimum absolute atomic E-state index is 0.172. The van der Waals surface area contributed by atoms with E-state index in [0.29, 0.717) is 19.8 Å². The van der Waals surface area contributed by atoms with Gasteiger partial charge < -0.3 is 15.2 Å². The number of hydrogen-bond donors (Lipinski definition) is 1. The van der Waals surface area contributed by atoms with Crippen LogP contribution in [0, 0.1) is 0 Å². The minimum atomic E-state index is 0.172. The molecule has 1 atom stereocenters. The fourth-order valence-corrected chi connectivity index (χ4v) is 2.87. The number of rotatable bonds is 8. The zero-order valence-electron chi connectivity index (χ0n) is 13.7. The Labute approximate surface area is 143 Å². The molecule has 0 amide bonds. The first kappa shape index (κ1) is 17.6. The first-order chi connectivity index (χ1) is 11.2. The van der Waals surface area contributed by atoms with Crippen molar-refractivity contribution in [3.05, 3.63) is 58.6 Å². The lowest BCUT2D eigenvalue weighted by molar-refractivity contribution is 0.319. The molecule has 2 aromatic rings. The fourth-order valence-electron chi connectivity index (χ4n) is 2.66. The third kappa shape index (κ3) is 4.88. The highest BCUT2D eigenvalue weighted by atomic mass is 35.5. The van der Waals surface area contributed by atoms with Gasteiger partial charge in [-0.2, -0.15) is 0 Å². The van der Waals surface area contributed by atoms with Crippen LogP contribution in [0.4, 0.5) is 0 Å². The molecule has 3 nitrogen and oxygen atoms in total. The Hall–Kier alpha value is -1.71. The zero-order valence-corrected chi connectivity index (χ0v) is 14.5. The van der Waals surface area contributed by atoms with Gasteiger partial charge in [0.1, 0.15) is 11.5 Å². The lowest BCUT2D eigenvalue weighted by Gasteiger charge is -2.20. The molecule has 4 heteroatoms. The van der Waals surface area contributed by atoms with Gasteiger partial charge in [0.2, 0.25) is 0 Å². The topological polar surface area (TPSA) is 44.5 Å². The van der Waals surface area contributed by atoms with Crippen LogP contribution in [0.1, 0.15) is 30.9 Å². The van der Waals surface area contributed by atoms with E-state index in [-0.39, 0.29) is 5.92 Å². The Morgan fingerprint density at radius 1 is 1.04 bits per heavy atom. The Balaban J connectivity index is 2.28. The number of benzene rings is 2. The molecule has 23 heavy (non-hydrogen) atoms. The molecular formula is C19H24ClNO2. The number of halogens is 1. The summed E-state index contributed by atoms with van der Waals surface area (Å²) in [4.78, 5) is 0. The third-order valence-electron chi connectivity index (χ3n) is 3.69. The summed E-state index contributed by atoms with van der Waals surface area (Å²) in [5, 5.41) is 0.745. The normalized spacial score (nSPS) is 12.0. The maximum Gasteiger partial charge on any atom is 0.126 e. The van der Waals surface area contributed by atoms with Gasteiger partial charge in [-0.3, -0.25) is 0 Å². The van der Waals surface area contributed by atoms with Crippen LogP contribution in [0.25, 0.3) is 0 Å². The molecule has 0 aromatic heterocycles. The van der Waals surface area contributed by atoms with Gasteiger partial charge in [-0.25, -0.2) is 0 Å². The van der Waals surface area contributed by atoms with Gasteiger partial charge in [-0.05, 0) is 56.1 Å². The van der Waals surface area contributed by atoms with Crippen molar-refractivity contribution in [2.24, 2.45) is 5.73 Å². The molecule has 0 aliphatic carbocycles. The van der Waals surface area contributed by atoms with Crippen molar-refractivity contribution in [1.82, 2.24) is 0 Å². The summed E-state index contributed by atoms with van der Waals surface area (Å²) < 4.78 is 11.4. The highest BCUT2D eigenvalue weighted by Crippen LogP contribution is 2.33. The van der Waals surface area contributed by atoms with Gasteiger partial charge in [0.15, 0.2) is 0 Å². The van der Waals surface area contributed by atoms with Crippen molar-refractivity contribution in [1.29, 1.82) is 0 Å². The first-order valence-electron chi connectivity index (χ1n) is 8.02. The summed E-state index contributed by atoms with van der Waals surface area (Å²) in [6.07, 6.45) is 0.825. The second-order valence-electron chi connectivity index (χ2n) is 5.33. The zero-order chi connectivity index (χ0) is 16.7. The largest absolute Gasteiger partial charge is 0.494 e. The smallest absolute Gasteiger partial charge is 0.126 e. The van der Waals surface area contributed by atoms with Crippen LogP contribution >= 0.6 is 11.6 Å². The molecule has 0 fully saturated rings. The lowest BCUT2D eigenvalue weighted by atomic mass is 9.91. The highest BCUT2D eigenvalue weighted by molar-refractivity contribution is 6.30. The van der Waals surface area contributed by atoms with Crippen molar-refractivity contribution in [2.45, 2.75) is 26.2 Å². The molecule has 0 saturated carbocycles. The van der Waals surface area contributed by atoms with Gasteiger partial charge in [0.05, 0.1) is 13.2 Å². The van der Waals surface area contributed by atoms with Crippen LogP contribution in [0.2, 0.25) is 5.02 Å². The average Bonchev–Trinajstić information content (AvgIpc) is 2.54. The minimum Gasteiger partial charge on any atom is -0.494 e. The quantitative estimate of drug-likeness (QED) is 0.777. The second kappa shape index (κ2) is 8.80. The molecular weight excluding hydrogens is 310 g/mol. The molecule has 0 aliphatic heterocycles. The molecule has 0 radical (unpaired) electrons. The average molecular weight is 334 g/mol. The molecule has 0 spiro atoms. The van der Waals surface area contributed by atoms with Crippen LogP contribution in [0.15, 0.2) is 42.5 Å². The van der Waals surface area contributed by atoms with Crippen molar-refractivity contribution in [3.63, 3.8) is 0 Å². The van der Waals surface area contributed by atoms with E-state index in [2.05, 4.69) is 12.1 Å². The molecule has 2 N–H and O–H groups in total. The fraction of sp³-hybridized carbons (Fsp3) is 0.368. The van der Waals surface area contributed by atoms with Gasteiger partial charge in [0.25, 0.3) is 0 Å². The SMILES string of the molecule is CCOc1ccc(C(CN)Cc2cccc(Cl)c2)c(OCC)c1. The molecule has 0 aliphatic rings. The van der Waals surface area contributed by atoms with Crippen LogP contribution in [0.3, 0.4) is 0 Å². The molecule has 0 heterocycles. The van der Waals surface area contributed by atoms with Crippen LogP contribution in [0.5, 0.6) is 11.5 Å². The van der Waals surface area contributed by atoms with E-state index in [9.17, 15) is 0 Å². The monoisotopic (exact) mass is 333 g/mol. The van der Waals surface area contributed by atoms with Crippen LogP contribution < -0.4 is 15.2 Å². The summed E-state index contributed by atoms with van der Waals surface area (Å²) in [5.74, 6) is 1.83. The maximum absolute atomic E-state index is 6.08. The standard InChI is InChI=1S/C19H24ClNO2/c1-3-22-17-8-9-18(19(12-17)23-4-2)15(13-21)10-14-6-5-7-16(20)11-14/h5-9,11-12,15H,3-4,10,13,21H2,1-2H3. The predicted molar refractivity (Wildman–Crippen MR) is 95.7 cm³/mol. The first-order valence-corrected chi connectivity index (χ1v) is 8.39. The van der Waals surface area contributed by atoms with E-state index >= 15 is 0 Å². The third-order valence-corrected chi connectivity index (χ3v) is 3.93. The Bertz CT molecular complexity index is 631. The predicted octanol–water partition coefficient (Wildman–Crippen LogP) is 4.42. The van der Waals surface area contributed by atoms with Gasteiger partial charge in [0, 0.05) is 17.0 Å². The number of ether oxygens (including phenoxy) is 2. The molecule has 0 bridgehead atoms. The van der Waals surface area contributed by atoms with Gasteiger partial charge in [-0.15, -0.1) is 0 Å². The van der Waals surface area contributed by atoms with Crippen molar-refractivity contribution in [3.8, 4) is 11.5 Å². The summed E-state index contributed by atoms with van der Waals surface area (Å²) >= 11 is 6.08. The second-order valence-corrected chi connectivity index (χ2v) is 5.77. The summed E-state index contributed by atoms with van der Waals surface area (Å²) in [7, 11) is 0. The molecule has 1 unspecified atom stereocenters. The van der Waals surface area contributed by atoms with E-state index < -0.39 is 0 Å². The van der Waals surface area contributed by atoms with Gasteiger partial charge >= 0.3 is 0 Å². The Morgan fingerprint density at radius 2 is 1.83 bits per heavy atom. The number of hydrogen-bond acceptors (Lipinski definition) is 3. The molecule has 2 rings (SSSR count). The lowest BCUT2D eigenvalue weighted by Crippen LogP contribution is -2.16. The van der Waals surface area contributed by atoms with E-state index in [1.807, 2.05) is 44.2 Å². The van der Waals surface area contributed by atoms with E-state index in [1.165, 1.54) is 5.56 Å². The van der Waals surface area contributed by atoms with E-state index in [1.54, 1.807) is 0 Å². The summed E-state index contributed by atoms with van der Waals surface area (Å²) in [5.41, 5.74) is 8.31. The Morgan fingerprint density at radius 3 is 2.48 bits per heavy atom. The van der Waals surface area contributed by atoms with Crippen molar-refractivity contribution >= 4 is 11.6 Å².